The standard InChI is InChI=1S/C36H61N3O25/c1-9-20(46)27(53)28(54)35(57-9)64-31-30(63-34-18(38-11(3)44)26(52)22(48)14(6-41)60-34)23(49)15(7-42)61-36(31)62-29-19(39-12(4)45)32(55)58-16(24(29)50)8-56-33-17(37-10(2)43)25(51)21(47)13(5-40)59-33/h9,13-36,40-42,46-55H,5-8H2,1-4H3,(H,37,43)(H,38,44)(H,39,45)/t9-,13+,14+,15+,16+,17+,18+,19+,20+,21+,22-,23-,24-,25+,26+,27+,28-,29+,30-,31+,32+,33+,34+,35-,36-/m0/s1. The number of aliphatic hydroxyl groups is 13. The molecule has 28 nitrogen and oxygen atoms in total. The van der Waals surface area contributed by atoms with E-state index < -0.39 is 197 Å². The Kier molecular flexibility index (Phi) is 18.5. The van der Waals surface area contributed by atoms with Gasteiger partial charge in [-0.1, -0.05) is 0 Å². The summed E-state index contributed by atoms with van der Waals surface area (Å²) >= 11 is 0. The van der Waals surface area contributed by atoms with Crippen molar-refractivity contribution in [1.29, 1.82) is 0 Å². The van der Waals surface area contributed by atoms with Crippen molar-refractivity contribution >= 4 is 17.7 Å². The van der Waals surface area contributed by atoms with Crippen molar-refractivity contribution in [2.75, 3.05) is 26.4 Å². The molecule has 5 aliphatic rings. The third kappa shape index (κ3) is 11.6. The van der Waals surface area contributed by atoms with Crippen LogP contribution in [0.2, 0.25) is 0 Å². The number of amides is 3. The van der Waals surface area contributed by atoms with Gasteiger partial charge in [-0.15, -0.1) is 0 Å². The molecule has 3 amide bonds. The SMILES string of the molecule is CC(=O)N[C@@H]1[C@@H](O[C@@H]2O[C@H](CO)[C@H](O)[C@H](O[C@H]3O[C@H](CO)[C@H](O)[C@H](O)[C@H]3NC(C)=O)[C@H]2O[C@@H]2O[C@@H](C)[C@@H](O)[C@@H](O)[C@@H]2O)[C@@H](O)[C@@H](CO[C@@H]2O[C@H](CO)[C@@H](O)[C@H](O)[C@H]2NC(C)=O)O[C@H]1O. The summed E-state index contributed by atoms with van der Waals surface area (Å²) in [5.41, 5.74) is 0. The molecule has 0 spiro atoms. The molecule has 5 saturated heterocycles. The molecule has 0 aromatic carbocycles. The van der Waals surface area contributed by atoms with Gasteiger partial charge in [0.25, 0.3) is 0 Å². The molecule has 28 heteroatoms. The highest BCUT2D eigenvalue weighted by Gasteiger charge is 2.57. The van der Waals surface area contributed by atoms with Crippen LogP contribution < -0.4 is 16.0 Å². The van der Waals surface area contributed by atoms with Gasteiger partial charge >= 0.3 is 0 Å². The number of ether oxygens (including phenoxy) is 9. The van der Waals surface area contributed by atoms with E-state index in [1.165, 1.54) is 6.92 Å². The molecule has 16 N–H and O–H groups in total. The van der Waals surface area contributed by atoms with Crippen LogP contribution in [0.15, 0.2) is 0 Å². The summed E-state index contributed by atoms with van der Waals surface area (Å²) in [6, 6.07) is -4.76. The summed E-state index contributed by atoms with van der Waals surface area (Å²) in [5, 5.41) is 147. The van der Waals surface area contributed by atoms with Crippen LogP contribution in [-0.2, 0) is 57.0 Å². The maximum absolute atomic E-state index is 12.4. The van der Waals surface area contributed by atoms with E-state index in [0.29, 0.717) is 0 Å². The summed E-state index contributed by atoms with van der Waals surface area (Å²) < 4.78 is 52.5. The summed E-state index contributed by atoms with van der Waals surface area (Å²) in [6.45, 7) is 1.05. The number of nitrogens with one attached hydrogen (secondary N) is 3. The number of rotatable bonds is 15. The van der Waals surface area contributed by atoms with Crippen molar-refractivity contribution in [2.24, 2.45) is 0 Å². The molecule has 5 fully saturated rings. The van der Waals surface area contributed by atoms with Crippen LogP contribution in [0.25, 0.3) is 0 Å². The van der Waals surface area contributed by atoms with E-state index in [1.807, 2.05) is 0 Å². The van der Waals surface area contributed by atoms with E-state index in [0.717, 1.165) is 20.8 Å². The Labute approximate surface area is 364 Å². The van der Waals surface area contributed by atoms with Crippen LogP contribution in [0.3, 0.4) is 0 Å². The zero-order chi connectivity index (χ0) is 47.5. The Morgan fingerprint density at radius 2 is 0.875 bits per heavy atom. The quantitative estimate of drug-likeness (QED) is 0.0725. The summed E-state index contributed by atoms with van der Waals surface area (Å²) in [4.78, 5) is 36.7. The fourth-order valence-corrected chi connectivity index (χ4v) is 8.05. The first kappa shape index (κ1) is 52.5. The number of hydrogen-bond acceptors (Lipinski definition) is 25. The average molecular weight is 936 g/mol. The molecule has 5 heterocycles. The molecule has 0 saturated carbocycles. The van der Waals surface area contributed by atoms with E-state index >= 15 is 0 Å². The van der Waals surface area contributed by atoms with Crippen molar-refractivity contribution < 1.29 is 123 Å². The Bertz CT molecular complexity index is 1540. The number of hydrogen-bond donors (Lipinski definition) is 16. The highest BCUT2D eigenvalue weighted by atomic mass is 16.8. The van der Waals surface area contributed by atoms with E-state index in [1.54, 1.807) is 0 Å². The summed E-state index contributed by atoms with van der Waals surface area (Å²) in [5.74, 6) is -2.23. The monoisotopic (exact) mass is 935 g/mol. The molecule has 0 bridgehead atoms. The van der Waals surface area contributed by atoms with Crippen LogP contribution in [0, 0.1) is 0 Å². The van der Waals surface area contributed by atoms with Gasteiger partial charge in [0.1, 0.15) is 116 Å². The van der Waals surface area contributed by atoms with Gasteiger partial charge in [-0.2, -0.15) is 0 Å². The molecule has 5 rings (SSSR count). The Hall–Kier alpha value is -2.47. The van der Waals surface area contributed by atoms with Crippen LogP contribution in [0.1, 0.15) is 27.7 Å². The molecule has 25 atom stereocenters. The molecule has 64 heavy (non-hydrogen) atoms. The number of carbonyl (C=O) groups excluding carboxylic acids is 3. The van der Waals surface area contributed by atoms with E-state index in [9.17, 15) is 80.8 Å². The molecule has 0 aromatic rings. The third-order valence-corrected chi connectivity index (χ3v) is 11.5. The van der Waals surface area contributed by atoms with Crippen molar-refractivity contribution in [2.45, 2.75) is 181 Å². The van der Waals surface area contributed by atoms with Crippen molar-refractivity contribution in [1.82, 2.24) is 16.0 Å². The predicted molar refractivity (Wildman–Crippen MR) is 200 cm³/mol. The van der Waals surface area contributed by atoms with Crippen LogP contribution in [0.5, 0.6) is 0 Å². The zero-order valence-corrected chi connectivity index (χ0v) is 35.0. The second-order valence-electron chi connectivity index (χ2n) is 16.2. The second kappa shape index (κ2) is 22.6. The molecule has 0 aromatic heterocycles. The lowest BCUT2D eigenvalue weighted by Crippen LogP contribution is -2.70. The molecule has 0 radical (unpaired) electrons. The normalized spacial score (nSPS) is 47.7. The second-order valence-corrected chi connectivity index (χ2v) is 16.2. The van der Waals surface area contributed by atoms with Crippen LogP contribution in [-0.4, -0.2) is 264 Å². The lowest BCUT2D eigenvalue weighted by molar-refractivity contribution is -0.397. The maximum Gasteiger partial charge on any atom is 0.217 e. The Balaban J connectivity index is 1.51. The molecule has 0 unspecified atom stereocenters. The fraction of sp³-hybridized carbons (Fsp3) is 0.917. The van der Waals surface area contributed by atoms with Crippen LogP contribution >= 0.6 is 0 Å². The predicted octanol–water partition coefficient (Wildman–Crippen LogP) is -10.5. The van der Waals surface area contributed by atoms with Gasteiger partial charge in [-0.25, -0.2) is 0 Å². The number of aliphatic hydroxyl groups excluding tert-OH is 13. The molecular weight excluding hydrogens is 874 g/mol. The van der Waals surface area contributed by atoms with E-state index in [2.05, 4.69) is 16.0 Å². The Morgan fingerprint density at radius 3 is 1.41 bits per heavy atom. The van der Waals surface area contributed by atoms with Gasteiger partial charge in [0.05, 0.1) is 32.5 Å². The molecular formula is C36H61N3O25. The van der Waals surface area contributed by atoms with Gasteiger partial charge < -0.3 is 125 Å². The largest absolute Gasteiger partial charge is 0.394 e. The first-order valence-electron chi connectivity index (χ1n) is 20.4. The van der Waals surface area contributed by atoms with Gasteiger partial charge in [0.2, 0.25) is 17.7 Å². The lowest BCUT2D eigenvalue weighted by Gasteiger charge is -2.51. The minimum Gasteiger partial charge on any atom is -0.394 e. The van der Waals surface area contributed by atoms with Crippen molar-refractivity contribution in [3.8, 4) is 0 Å². The van der Waals surface area contributed by atoms with E-state index in [4.69, 9.17) is 42.6 Å². The first-order chi connectivity index (χ1) is 30.1. The van der Waals surface area contributed by atoms with Gasteiger partial charge in [0, 0.05) is 20.8 Å². The van der Waals surface area contributed by atoms with Crippen LogP contribution in [0.4, 0.5) is 0 Å². The molecule has 0 aliphatic carbocycles. The van der Waals surface area contributed by atoms with E-state index in [-0.39, 0.29) is 0 Å². The smallest absolute Gasteiger partial charge is 0.217 e. The first-order valence-corrected chi connectivity index (χ1v) is 20.4. The lowest BCUT2D eigenvalue weighted by atomic mass is 9.94. The summed E-state index contributed by atoms with van der Waals surface area (Å²) in [6.07, 6.45) is -39.5. The third-order valence-electron chi connectivity index (χ3n) is 11.5. The molecule has 5 aliphatic heterocycles. The highest BCUT2D eigenvalue weighted by Crippen LogP contribution is 2.36. The minimum absolute atomic E-state index is 0.682. The van der Waals surface area contributed by atoms with Gasteiger partial charge in [-0.3, -0.25) is 14.4 Å². The fourth-order valence-electron chi connectivity index (χ4n) is 8.05. The minimum atomic E-state index is -2.07. The zero-order valence-electron chi connectivity index (χ0n) is 35.0. The highest BCUT2D eigenvalue weighted by molar-refractivity contribution is 5.74. The molecule has 370 valence electrons. The van der Waals surface area contributed by atoms with Gasteiger partial charge in [-0.05, 0) is 6.92 Å². The Morgan fingerprint density at radius 1 is 0.438 bits per heavy atom. The topological polar surface area (TPSA) is 433 Å². The van der Waals surface area contributed by atoms with Crippen molar-refractivity contribution in [3.05, 3.63) is 0 Å². The maximum atomic E-state index is 12.4. The van der Waals surface area contributed by atoms with Crippen molar-refractivity contribution in [3.63, 3.8) is 0 Å². The average Bonchev–Trinajstić information content (AvgIpc) is 3.24. The summed E-state index contributed by atoms with van der Waals surface area (Å²) in [7, 11) is 0. The van der Waals surface area contributed by atoms with Gasteiger partial charge in [0.15, 0.2) is 31.5 Å². The number of carbonyl (C=O) groups is 3.